The van der Waals surface area contributed by atoms with Gasteiger partial charge in [0.05, 0.1) is 82.9 Å². The number of nitrogens with one attached hydrogen (secondary N) is 3. The van der Waals surface area contributed by atoms with Crippen LogP contribution in [-0.2, 0) is 76.6 Å². The van der Waals surface area contributed by atoms with E-state index in [1.54, 1.807) is 63.2 Å². The average molecular weight is 993 g/mol. The Morgan fingerprint density at radius 2 is 1.48 bits per heavy atom. The van der Waals surface area contributed by atoms with Crippen LogP contribution >= 0.6 is 11.6 Å². The number of aliphatic hydroxyl groups is 1. The molecule has 3 rings (SSSR count). The molecular weight excluding hydrogens is 922 g/mol. The molecule has 2 aromatic rings. The first kappa shape index (κ1) is 58.0. The Hall–Kier alpha value is -5.31. The van der Waals surface area contributed by atoms with Gasteiger partial charge in [0.25, 0.3) is 0 Å². The fraction of sp³-hybridized carbons (Fsp3) is 0.592. The molecule has 1 aliphatic heterocycles. The lowest BCUT2D eigenvalue weighted by Gasteiger charge is -2.31. The summed E-state index contributed by atoms with van der Waals surface area (Å²) in [6, 6.07) is 11.1. The first-order valence-electron chi connectivity index (χ1n) is 23.1. The number of aliphatic carboxylic acids is 1. The highest BCUT2D eigenvalue weighted by Crippen LogP contribution is 2.27. The number of hydrogen-bond donors (Lipinski definition) is 5. The second-order valence-electron chi connectivity index (χ2n) is 17.5. The molecule has 1 aliphatic rings. The topological polar surface area (TPSA) is 253 Å². The summed E-state index contributed by atoms with van der Waals surface area (Å²) in [5.41, 5.74) is 0.817. The first-order valence-corrected chi connectivity index (χ1v) is 23.4. The number of carbonyl (C=O) groups excluding carboxylic acids is 5. The molecule has 19 nitrogen and oxygen atoms in total. The Morgan fingerprint density at radius 1 is 0.870 bits per heavy atom. The zero-order valence-electron chi connectivity index (χ0n) is 40.5. The predicted molar refractivity (Wildman–Crippen MR) is 252 cm³/mol. The Labute approximate surface area is 409 Å². The van der Waals surface area contributed by atoms with Crippen molar-refractivity contribution in [3.8, 4) is 5.75 Å². The second-order valence-corrected chi connectivity index (χ2v) is 17.9. The largest absolute Gasteiger partial charge is 0.495 e. The molecule has 0 bridgehead atoms. The van der Waals surface area contributed by atoms with Gasteiger partial charge in [0, 0.05) is 31.8 Å². The molecule has 20 heteroatoms. The summed E-state index contributed by atoms with van der Waals surface area (Å²) in [6.45, 7) is 11.1. The van der Waals surface area contributed by atoms with Crippen LogP contribution in [0.4, 0.5) is 4.79 Å². The van der Waals surface area contributed by atoms with Gasteiger partial charge in [0.1, 0.15) is 24.5 Å². The SMILES string of the molecule is COc1ccc(C[C@H]2NC(=O)/C=C/C[C@@H]([C@H](C)[C@H](O)Cc3ccc(COC(=O)NCCOCCOCCOCCOCCC(=O)O)cc3)OC(=O)[C@H](CC(C)C)OC(=O)C(C)(C)CNC2=O)cc1Cl. The van der Waals surface area contributed by atoms with E-state index < -0.39 is 71.5 Å². The second kappa shape index (κ2) is 31.0. The van der Waals surface area contributed by atoms with Gasteiger partial charge in [-0.15, -0.1) is 0 Å². The number of esters is 2. The molecule has 69 heavy (non-hydrogen) atoms. The van der Waals surface area contributed by atoms with E-state index in [1.807, 2.05) is 13.8 Å². The van der Waals surface area contributed by atoms with Crippen LogP contribution in [0.5, 0.6) is 5.75 Å². The summed E-state index contributed by atoms with van der Waals surface area (Å²) in [6.07, 6.45) is -0.817. The van der Waals surface area contributed by atoms with Crippen molar-refractivity contribution in [1.29, 1.82) is 0 Å². The van der Waals surface area contributed by atoms with Crippen molar-refractivity contribution in [1.82, 2.24) is 16.0 Å². The smallest absolute Gasteiger partial charge is 0.407 e. The van der Waals surface area contributed by atoms with E-state index in [1.165, 1.54) is 19.3 Å². The van der Waals surface area contributed by atoms with Crippen LogP contribution in [0.2, 0.25) is 5.02 Å². The number of aliphatic hydroxyl groups excluding tert-OH is 1. The number of carboxylic acid groups (broad SMARTS) is 1. The Morgan fingerprint density at radius 3 is 2.09 bits per heavy atom. The third-order valence-electron chi connectivity index (χ3n) is 10.8. The fourth-order valence-electron chi connectivity index (χ4n) is 6.61. The lowest BCUT2D eigenvalue weighted by Crippen LogP contribution is -2.51. The number of benzene rings is 2. The molecule has 0 spiro atoms. The van der Waals surface area contributed by atoms with Crippen LogP contribution in [0.15, 0.2) is 54.6 Å². The highest BCUT2D eigenvalue weighted by atomic mass is 35.5. The van der Waals surface area contributed by atoms with Crippen LogP contribution in [0.1, 0.15) is 70.6 Å². The van der Waals surface area contributed by atoms with Crippen molar-refractivity contribution < 1.29 is 76.9 Å². The lowest BCUT2D eigenvalue weighted by molar-refractivity contribution is -0.180. The van der Waals surface area contributed by atoms with Crippen LogP contribution in [0, 0.1) is 17.3 Å². The summed E-state index contributed by atoms with van der Waals surface area (Å²) in [4.78, 5) is 77.0. The maximum Gasteiger partial charge on any atom is 0.407 e. The van der Waals surface area contributed by atoms with Crippen molar-refractivity contribution in [2.24, 2.45) is 17.3 Å². The zero-order valence-corrected chi connectivity index (χ0v) is 41.2. The van der Waals surface area contributed by atoms with E-state index in [4.69, 9.17) is 54.6 Å². The number of alkyl carbamates (subject to hydrolysis) is 1. The number of carbonyl (C=O) groups is 6. The van der Waals surface area contributed by atoms with E-state index in [0.29, 0.717) is 61.5 Å². The minimum Gasteiger partial charge on any atom is -0.495 e. The van der Waals surface area contributed by atoms with Crippen LogP contribution in [0.3, 0.4) is 0 Å². The first-order chi connectivity index (χ1) is 32.9. The molecule has 0 fully saturated rings. The average Bonchev–Trinajstić information content (AvgIpc) is 3.30. The number of halogens is 1. The Kier molecular flexibility index (Phi) is 26.1. The predicted octanol–water partition coefficient (Wildman–Crippen LogP) is 4.35. The van der Waals surface area contributed by atoms with Gasteiger partial charge in [-0.1, -0.05) is 68.8 Å². The van der Waals surface area contributed by atoms with Gasteiger partial charge >= 0.3 is 24.0 Å². The molecule has 0 saturated carbocycles. The van der Waals surface area contributed by atoms with Crippen LogP contribution in [-0.4, -0.2) is 143 Å². The minimum atomic E-state index is -1.28. The standard InChI is InChI=1S/C49H70ClN3O16/c1-32(2)26-42-46(59)68-40(8-7-9-43(55)53-38(28-36-14-15-41(62-6)37(50)27-36)45(58)52-31-49(4,5)47(60)69-42)33(3)39(54)29-34-10-12-35(13-11-34)30-67-48(61)51-17-19-64-21-23-66-25-24-65-22-20-63-18-16-44(56)57/h7,9-15,27,32-33,38-40,42,54H,8,16-26,28-31H2,1-6H3,(H,51,61)(H,52,58)(H,53,55)(H,56,57)/b9-7+/t33-,38-,39-,40+,42+/m1/s1. The van der Waals surface area contributed by atoms with E-state index in [0.717, 1.165) is 5.56 Å². The molecule has 0 aromatic heterocycles. The maximum absolute atomic E-state index is 13.8. The van der Waals surface area contributed by atoms with Crippen molar-refractivity contribution in [2.45, 2.75) is 97.7 Å². The monoisotopic (exact) mass is 991 g/mol. The maximum atomic E-state index is 13.8. The van der Waals surface area contributed by atoms with Crippen molar-refractivity contribution in [3.05, 3.63) is 76.3 Å². The highest BCUT2D eigenvalue weighted by molar-refractivity contribution is 6.32. The van der Waals surface area contributed by atoms with Gasteiger partial charge in [-0.3, -0.25) is 19.2 Å². The number of methoxy groups -OCH3 is 1. The fourth-order valence-corrected chi connectivity index (χ4v) is 6.89. The molecule has 2 aromatic carbocycles. The van der Waals surface area contributed by atoms with Crippen LogP contribution in [0.25, 0.3) is 0 Å². The molecule has 0 unspecified atom stereocenters. The van der Waals surface area contributed by atoms with Crippen molar-refractivity contribution >= 4 is 47.4 Å². The number of amides is 3. The molecule has 3 amide bonds. The van der Waals surface area contributed by atoms with E-state index >= 15 is 0 Å². The molecule has 384 valence electrons. The summed E-state index contributed by atoms with van der Waals surface area (Å²) in [5.74, 6) is -3.90. The third kappa shape index (κ3) is 22.8. The number of cyclic esters (lactones) is 2. The van der Waals surface area contributed by atoms with Gasteiger partial charge in [0.2, 0.25) is 11.8 Å². The van der Waals surface area contributed by atoms with Gasteiger partial charge in [-0.2, -0.15) is 0 Å². The van der Waals surface area contributed by atoms with E-state index in [2.05, 4.69) is 16.0 Å². The molecule has 0 saturated heterocycles. The normalized spacial score (nSPS) is 19.3. The molecule has 5 N–H and O–H groups in total. The number of rotatable bonds is 26. The minimum absolute atomic E-state index is 0.00344. The number of ether oxygens (including phenoxy) is 8. The lowest BCUT2D eigenvalue weighted by atomic mass is 9.90. The van der Waals surface area contributed by atoms with Crippen LogP contribution < -0.4 is 20.7 Å². The van der Waals surface area contributed by atoms with Crippen molar-refractivity contribution in [2.75, 3.05) is 73.1 Å². The quantitative estimate of drug-likeness (QED) is 0.0499. The zero-order chi connectivity index (χ0) is 50.8. The molecule has 5 atom stereocenters. The summed E-state index contributed by atoms with van der Waals surface area (Å²) < 4.78 is 43.7. The number of carboxylic acids is 1. The number of hydrogen-bond acceptors (Lipinski definition) is 15. The highest BCUT2D eigenvalue weighted by Gasteiger charge is 2.38. The van der Waals surface area contributed by atoms with Gasteiger partial charge in [-0.25, -0.2) is 9.59 Å². The van der Waals surface area contributed by atoms with E-state index in [9.17, 15) is 33.9 Å². The summed E-state index contributed by atoms with van der Waals surface area (Å²) >= 11 is 6.35. The molecule has 0 radical (unpaired) electrons. The molecule has 0 aliphatic carbocycles. The summed E-state index contributed by atoms with van der Waals surface area (Å²) in [7, 11) is 1.48. The van der Waals surface area contributed by atoms with E-state index in [-0.39, 0.29) is 70.9 Å². The van der Waals surface area contributed by atoms with Gasteiger partial charge < -0.3 is 64.1 Å². The van der Waals surface area contributed by atoms with Gasteiger partial charge in [-0.05, 0) is 67.5 Å². The molecular formula is C49H70ClN3O16. The summed E-state index contributed by atoms with van der Waals surface area (Å²) in [5, 5.41) is 28.5. The van der Waals surface area contributed by atoms with Crippen molar-refractivity contribution in [3.63, 3.8) is 0 Å². The Bertz CT molecular complexity index is 1960. The molecule has 1 heterocycles. The Balaban J connectivity index is 1.56. The third-order valence-corrected chi connectivity index (χ3v) is 11.1. The van der Waals surface area contributed by atoms with Gasteiger partial charge in [0.15, 0.2) is 6.10 Å².